The number of carbonyl (C=O) groups is 1. The van der Waals surface area contributed by atoms with Gasteiger partial charge in [-0.15, -0.1) is 0 Å². The third kappa shape index (κ3) is 3.04. The molecule has 1 aromatic carbocycles. The minimum atomic E-state index is -0.129. The Hall–Kier alpha value is -1.92. The molecule has 6 heteroatoms. The van der Waals surface area contributed by atoms with Crippen LogP contribution in [0.1, 0.15) is 23.5 Å². The van der Waals surface area contributed by atoms with Crippen LogP contribution in [-0.4, -0.2) is 31.2 Å². The Morgan fingerprint density at radius 3 is 2.88 bits per heavy atom. The van der Waals surface area contributed by atoms with Crippen molar-refractivity contribution in [1.82, 2.24) is 4.98 Å². The highest BCUT2D eigenvalue weighted by Gasteiger charge is 2.42. The van der Waals surface area contributed by atoms with Crippen LogP contribution in [0.3, 0.4) is 0 Å². The average Bonchev–Trinajstić information content (AvgIpc) is 2.66. The first-order chi connectivity index (χ1) is 12.2. The van der Waals surface area contributed by atoms with Gasteiger partial charge >= 0.3 is 0 Å². The highest BCUT2D eigenvalue weighted by Crippen LogP contribution is 2.43. The SMILES string of the molecule is COc1ccc(CN2C(=O)[C@H]3COCC[C@H]3c3cc(Br)cnc32)cc1. The van der Waals surface area contributed by atoms with Gasteiger partial charge < -0.3 is 9.47 Å². The van der Waals surface area contributed by atoms with E-state index in [0.717, 1.165) is 33.6 Å². The molecule has 1 saturated heterocycles. The van der Waals surface area contributed by atoms with E-state index in [-0.39, 0.29) is 17.7 Å². The second-order valence-corrected chi connectivity index (χ2v) is 7.33. The summed E-state index contributed by atoms with van der Waals surface area (Å²) in [4.78, 5) is 19.5. The first-order valence-corrected chi connectivity index (χ1v) is 9.14. The van der Waals surface area contributed by atoms with E-state index in [1.165, 1.54) is 0 Å². The lowest BCUT2D eigenvalue weighted by Gasteiger charge is -2.40. The van der Waals surface area contributed by atoms with E-state index in [9.17, 15) is 4.79 Å². The molecular formula is C19H19BrN2O3. The van der Waals surface area contributed by atoms with Crippen LogP contribution in [0.5, 0.6) is 5.75 Å². The quantitative estimate of drug-likeness (QED) is 0.787. The predicted octanol–water partition coefficient (Wildman–Crippen LogP) is 3.52. The molecule has 1 aromatic heterocycles. The Balaban J connectivity index is 1.71. The minimum Gasteiger partial charge on any atom is -0.497 e. The van der Waals surface area contributed by atoms with Crippen molar-refractivity contribution in [3.05, 3.63) is 52.1 Å². The normalized spacial score (nSPS) is 22.3. The van der Waals surface area contributed by atoms with Gasteiger partial charge in [0.1, 0.15) is 11.6 Å². The molecule has 0 unspecified atom stereocenters. The third-order valence-electron chi connectivity index (χ3n) is 4.96. The fraction of sp³-hybridized carbons (Fsp3) is 0.368. The van der Waals surface area contributed by atoms with Crippen molar-refractivity contribution in [1.29, 1.82) is 0 Å². The maximum Gasteiger partial charge on any atom is 0.234 e. The van der Waals surface area contributed by atoms with Crippen molar-refractivity contribution in [3.8, 4) is 5.75 Å². The number of amides is 1. The molecule has 2 aliphatic rings. The van der Waals surface area contributed by atoms with Gasteiger partial charge in [-0.25, -0.2) is 4.98 Å². The van der Waals surface area contributed by atoms with Gasteiger partial charge in [-0.3, -0.25) is 9.69 Å². The van der Waals surface area contributed by atoms with Crippen molar-refractivity contribution in [2.45, 2.75) is 18.9 Å². The molecule has 1 fully saturated rings. The predicted molar refractivity (Wildman–Crippen MR) is 97.8 cm³/mol. The van der Waals surface area contributed by atoms with Gasteiger partial charge in [-0.05, 0) is 46.1 Å². The van der Waals surface area contributed by atoms with Crippen LogP contribution < -0.4 is 9.64 Å². The third-order valence-corrected chi connectivity index (χ3v) is 5.39. The highest BCUT2D eigenvalue weighted by atomic mass is 79.9. The second-order valence-electron chi connectivity index (χ2n) is 6.42. The Labute approximate surface area is 155 Å². The van der Waals surface area contributed by atoms with Crippen LogP contribution in [0.2, 0.25) is 0 Å². The Bertz CT molecular complexity index is 794. The van der Waals surface area contributed by atoms with Gasteiger partial charge in [0.15, 0.2) is 0 Å². The Kier molecular flexibility index (Phi) is 4.48. The summed E-state index contributed by atoms with van der Waals surface area (Å²) in [6.07, 6.45) is 2.62. The molecule has 25 heavy (non-hydrogen) atoms. The average molecular weight is 403 g/mol. The molecular weight excluding hydrogens is 384 g/mol. The number of fused-ring (bicyclic) bond motifs is 3. The molecule has 3 heterocycles. The van der Waals surface area contributed by atoms with Gasteiger partial charge in [0, 0.05) is 28.8 Å². The van der Waals surface area contributed by atoms with Crippen LogP contribution in [-0.2, 0) is 16.1 Å². The zero-order valence-electron chi connectivity index (χ0n) is 13.9. The summed E-state index contributed by atoms with van der Waals surface area (Å²) in [5.41, 5.74) is 2.18. The number of hydrogen-bond donors (Lipinski definition) is 0. The number of rotatable bonds is 3. The number of ether oxygens (including phenoxy) is 2. The fourth-order valence-electron chi connectivity index (χ4n) is 3.67. The summed E-state index contributed by atoms with van der Waals surface area (Å²) < 4.78 is 11.7. The Morgan fingerprint density at radius 2 is 2.12 bits per heavy atom. The number of methoxy groups -OCH3 is 1. The van der Waals surface area contributed by atoms with Crippen molar-refractivity contribution in [3.63, 3.8) is 0 Å². The zero-order chi connectivity index (χ0) is 17.4. The van der Waals surface area contributed by atoms with E-state index in [0.29, 0.717) is 19.8 Å². The summed E-state index contributed by atoms with van der Waals surface area (Å²) in [5, 5.41) is 0. The first-order valence-electron chi connectivity index (χ1n) is 8.35. The number of hydrogen-bond acceptors (Lipinski definition) is 4. The molecule has 0 spiro atoms. The molecule has 0 radical (unpaired) electrons. The standard InChI is InChI=1S/C19H19BrN2O3/c1-24-14-4-2-12(3-5-14)10-22-18-16(8-13(20)9-21-18)15-6-7-25-11-17(15)19(22)23/h2-5,8-9,15,17H,6-7,10-11H2,1H3/t15-,17-/m0/s1. The fourth-order valence-corrected chi connectivity index (χ4v) is 4.02. The van der Waals surface area contributed by atoms with Crippen LogP contribution in [0, 0.1) is 5.92 Å². The smallest absolute Gasteiger partial charge is 0.234 e. The van der Waals surface area contributed by atoms with E-state index >= 15 is 0 Å². The van der Waals surface area contributed by atoms with Gasteiger partial charge in [-0.2, -0.15) is 0 Å². The van der Waals surface area contributed by atoms with Gasteiger partial charge in [-0.1, -0.05) is 12.1 Å². The van der Waals surface area contributed by atoms with Gasteiger partial charge in [0.2, 0.25) is 5.91 Å². The topological polar surface area (TPSA) is 51.7 Å². The van der Waals surface area contributed by atoms with Crippen LogP contribution in [0.4, 0.5) is 5.82 Å². The van der Waals surface area contributed by atoms with E-state index < -0.39 is 0 Å². The molecule has 5 nitrogen and oxygen atoms in total. The van der Waals surface area contributed by atoms with Gasteiger partial charge in [0.25, 0.3) is 0 Å². The molecule has 2 aliphatic heterocycles. The largest absolute Gasteiger partial charge is 0.497 e. The first kappa shape index (κ1) is 16.5. The van der Waals surface area contributed by atoms with Crippen LogP contribution in [0.15, 0.2) is 41.0 Å². The molecule has 0 bridgehead atoms. The van der Waals surface area contributed by atoms with E-state index in [1.807, 2.05) is 24.3 Å². The number of pyridine rings is 1. The minimum absolute atomic E-state index is 0.0999. The van der Waals surface area contributed by atoms with Crippen LogP contribution in [0.25, 0.3) is 0 Å². The lowest BCUT2D eigenvalue weighted by atomic mass is 9.79. The van der Waals surface area contributed by atoms with E-state index in [4.69, 9.17) is 9.47 Å². The maximum absolute atomic E-state index is 13.1. The molecule has 1 amide bonds. The molecule has 0 aliphatic carbocycles. The molecule has 2 aromatic rings. The summed E-state index contributed by atoms with van der Waals surface area (Å²) in [5.74, 6) is 1.73. The van der Waals surface area contributed by atoms with Crippen molar-refractivity contribution >= 4 is 27.7 Å². The Morgan fingerprint density at radius 1 is 1.32 bits per heavy atom. The van der Waals surface area contributed by atoms with E-state index in [2.05, 4.69) is 27.0 Å². The molecule has 2 atom stereocenters. The van der Waals surface area contributed by atoms with E-state index in [1.54, 1.807) is 18.2 Å². The highest BCUT2D eigenvalue weighted by molar-refractivity contribution is 9.10. The number of carbonyl (C=O) groups excluding carboxylic acids is 1. The van der Waals surface area contributed by atoms with Crippen molar-refractivity contribution in [2.75, 3.05) is 25.2 Å². The number of nitrogens with zero attached hydrogens (tertiary/aromatic N) is 2. The number of anilines is 1. The number of halogens is 1. The summed E-state index contributed by atoms with van der Waals surface area (Å²) in [6, 6.07) is 9.87. The van der Waals surface area contributed by atoms with Crippen molar-refractivity contribution in [2.24, 2.45) is 5.92 Å². The second kappa shape index (κ2) is 6.77. The monoisotopic (exact) mass is 402 g/mol. The molecule has 130 valence electrons. The molecule has 4 rings (SSSR count). The summed E-state index contributed by atoms with van der Waals surface area (Å²) in [6.45, 7) is 1.67. The summed E-state index contributed by atoms with van der Waals surface area (Å²) in [7, 11) is 1.64. The van der Waals surface area contributed by atoms with Gasteiger partial charge in [0.05, 0.1) is 26.2 Å². The molecule has 0 saturated carbocycles. The maximum atomic E-state index is 13.1. The molecule has 0 N–H and O–H groups in total. The number of aromatic nitrogens is 1. The van der Waals surface area contributed by atoms with Crippen LogP contribution >= 0.6 is 15.9 Å². The zero-order valence-corrected chi connectivity index (χ0v) is 15.5. The number of benzene rings is 1. The van der Waals surface area contributed by atoms with Crippen molar-refractivity contribution < 1.29 is 14.3 Å². The summed E-state index contributed by atoms with van der Waals surface area (Å²) >= 11 is 3.51. The lowest BCUT2D eigenvalue weighted by Crippen LogP contribution is -2.47. The lowest BCUT2D eigenvalue weighted by molar-refractivity contribution is -0.128.